The van der Waals surface area contributed by atoms with Crippen LogP contribution in [0.2, 0.25) is 4.34 Å². The average molecular weight is 309 g/mol. The fourth-order valence-corrected chi connectivity index (χ4v) is 4.31. The van der Waals surface area contributed by atoms with E-state index in [1.807, 2.05) is 12.3 Å². The fourth-order valence-electron chi connectivity index (χ4n) is 1.17. The van der Waals surface area contributed by atoms with Gasteiger partial charge in [0.2, 0.25) is 10.0 Å². The number of thiazole rings is 1. The zero-order valence-electron chi connectivity index (χ0n) is 8.81. The van der Waals surface area contributed by atoms with Crippen LogP contribution in [-0.2, 0) is 16.6 Å². The number of aryl methyl sites for hydroxylation is 1. The first kappa shape index (κ1) is 13.0. The number of sulfonamides is 1. The Morgan fingerprint density at radius 3 is 2.76 bits per heavy atom. The summed E-state index contributed by atoms with van der Waals surface area (Å²) in [6.45, 7) is 2.07. The number of rotatable bonds is 4. The van der Waals surface area contributed by atoms with Crippen LogP contribution < -0.4 is 4.72 Å². The molecule has 0 aliphatic heterocycles. The van der Waals surface area contributed by atoms with Crippen LogP contribution in [0.3, 0.4) is 0 Å². The van der Waals surface area contributed by atoms with Crippen LogP contribution in [0.15, 0.2) is 21.7 Å². The van der Waals surface area contributed by atoms with E-state index in [0.29, 0.717) is 4.34 Å². The van der Waals surface area contributed by atoms with Gasteiger partial charge in [0.1, 0.15) is 4.21 Å². The van der Waals surface area contributed by atoms with Crippen molar-refractivity contribution in [1.29, 1.82) is 0 Å². The molecule has 0 spiro atoms. The first-order valence-corrected chi connectivity index (χ1v) is 8.19. The highest BCUT2D eigenvalue weighted by Gasteiger charge is 2.16. The van der Waals surface area contributed by atoms with E-state index in [2.05, 4.69) is 9.71 Å². The minimum Gasteiger partial charge on any atom is -0.245 e. The Kier molecular flexibility index (Phi) is 3.84. The maximum atomic E-state index is 11.8. The van der Waals surface area contributed by atoms with Gasteiger partial charge in [0.05, 0.1) is 21.6 Å². The monoisotopic (exact) mass is 308 g/mol. The van der Waals surface area contributed by atoms with E-state index in [4.69, 9.17) is 11.6 Å². The van der Waals surface area contributed by atoms with Gasteiger partial charge in [-0.1, -0.05) is 11.6 Å². The number of nitrogens with zero attached hydrogens (tertiary/aromatic N) is 1. The molecule has 0 fully saturated rings. The number of aromatic nitrogens is 1. The van der Waals surface area contributed by atoms with E-state index >= 15 is 0 Å². The summed E-state index contributed by atoms with van der Waals surface area (Å²) in [6, 6.07) is 3.05. The molecule has 92 valence electrons. The number of hydrogen-bond acceptors (Lipinski definition) is 5. The molecular weight excluding hydrogens is 300 g/mol. The van der Waals surface area contributed by atoms with Gasteiger partial charge in [-0.05, 0) is 19.1 Å². The third-order valence-corrected chi connectivity index (χ3v) is 5.87. The predicted octanol–water partition coefficient (Wildman–Crippen LogP) is 2.64. The summed E-state index contributed by atoms with van der Waals surface area (Å²) >= 11 is 8.23. The summed E-state index contributed by atoms with van der Waals surface area (Å²) < 4.78 is 26.8. The van der Waals surface area contributed by atoms with Crippen molar-refractivity contribution in [1.82, 2.24) is 9.71 Å². The third kappa shape index (κ3) is 3.26. The van der Waals surface area contributed by atoms with Crippen molar-refractivity contribution in [3.8, 4) is 0 Å². The molecule has 0 aromatic carbocycles. The van der Waals surface area contributed by atoms with Crippen molar-refractivity contribution in [3.05, 3.63) is 32.6 Å². The molecule has 0 atom stereocenters. The van der Waals surface area contributed by atoms with Crippen LogP contribution in [0.4, 0.5) is 0 Å². The van der Waals surface area contributed by atoms with Gasteiger partial charge >= 0.3 is 0 Å². The Hall–Kier alpha value is -0.470. The molecule has 0 aliphatic carbocycles. The largest absolute Gasteiger partial charge is 0.250 e. The van der Waals surface area contributed by atoms with Gasteiger partial charge in [-0.15, -0.1) is 22.7 Å². The van der Waals surface area contributed by atoms with Crippen LogP contribution in [0.25, 0.3) is 0 Å². The molecule has 0 aliphatic rings. The lowest BCUT2D eigenvalue weighted by atomic mass is 10.5. The quantitative estimate of drug-likeness (QED) is 0.944. The lowest BCUT2D eigenvalue weighted by Crippen LogP contribution is -2.22. The minimum absolute atomic E-state index is 0.197. The van der Waals surface area contributed by atoms with Gasteiger partial charge in [0.25, 0.3) is 0 Å². The normalized spacial score (nSPS) is 11.9. The lowest BCUT2D eigenvalue weighted by Gasteiger charge is -2.01. The van der Waals surface area contributed by atoms with E-state index in [0.717, 1.165) is 22.0 Å². The summed E-state index contributed by atoms with van der Waals surface area (Å²) in [5.74, 6) is 0. The van der Waals surface area contributed by atoms with E-state index in [1.165, 1.54) is 17.4 Å². The van der Waals surface area contributed by atoms with Gasteiger partial charge in [-0.3, -0.25) is 0 Å². The average Bonchev–Trinajstić information content (AvgIpc) is 2.85. The summed E-state index contributed by atoms with van der Waals surface area (Å²) in [5, 5.41) is 2.75. The van der Waals surface area contributed by atoms with Crippen LogP contribution >= 0.6 is 34.3 Å². The molecule has 0 bridgehead atoms. The fraction of sp³-hybridized carbons (Fsp3) is 0.222. The lowest BCUT2D eigenvalue weighted by molar-refractivity contribution is 0.582. The molecule has 0 amide bonds. The van der Waals surface area contributed by atoms with Gasteiger partial charge in [0, 0.05) is 5.38 Å². The molecule has 0 saturated carbocycles. The number of thiophene rings is 1. The third-order valence-electron chi connectivity index (χ3n) is 1.92. The highest BCUT2D eigenvalue weighted by Crippen LogP contribution is 2.25. The second kappa shape index (κ2) is 5.03. The Labute approximate surface area is 112 Å². The Morgan fingerprint density at radius 1 is 1.47 bits per heavy atom. The first-order chi connectivity index (χ1) is 7.97. The summed E-state index contributed by atoms with van der Waals surface area (Å²) in [7, 11) is -3.48. The van der Waals surface area contributed by atoms with Crippen LogP contribution in [-0.4, -0.2) is 13.4 Å². The number of nitrogens with one attached hydrogen (secondary N) is 1. The maximum absolute atomic E-state index is 11.8. The topological polar surface area (TPSA) is 59.1 Å². The molecule has 2 rings (SSSR count). The smallest absolute Gasteiger partial charge is 0.245 e. The second-order valence-electron chi connectivity index (χ2n) is 3.24. The van der Waals surface area contributed by atoms with E-state index in [-0.39, 0.29) is 10.8 Å². The number of halogens is 1. The van der Waals surface area contributed by atoms with Gasteiger partial charge in [-0.25, -0.2) is 18.1 Å². The van der Waals surface area contributed by atoms with Crippen molar-refractivity contribution in [2.24, 2.45) is 0 Å². The molecule has 8 heteroatoms. The van der Waals surface area contributed by atoms with Gasteiger partial charge < -0.3 is 0 Å². The maximum Gasteiger partial charge on any atom is 0.250 e. The Balaban J connectivity index is 2.08. The van der Waals surface area contributed by atoms with Crippen molar-refractivity contribution >= 4 is 44.3 Å². The predicted molar refractivity (Wildman–Crippen MR) is 70.2 cm³/mol. The van der Waals surface area contributed by atoms with Gasteiger partial charge in [-0.2, -0.15) is 0 Å². The summed E-state index contributed by atoms with van der Waals surface area (Å²) in [6.07, 6.45) is 0. The molecule has 17 heavy (non-hydrogen) atoms. The SMILES string of the molecule is Cc1nc(CNS(=O)(=O)c2ccc(Cl)s2)cs1. The number of hydrogen-bond donors (Lipinski definition) is 1. The molecule has 1 N–H and O–H groups in total. The zero-order chi connectivity index (χ0) is 12.5. The Bertz CT molecular complexity index is 618. The van der Waals surface area contributed by atoms with E-state index < -0.39 is 10.0 Å². The standard InChI is InChI=1S/C9H9ClN2O2S3/c1-6-12-7(5-15-6)4-11-17(13,14)9-3-2-8(10)16-9/h2-3,5,11H,4H2,1H3. The van der Waals surface area contributed by atoms with Crippen LogP contribution in [0, 0.1) is 6.92 Å². The highest BCUT2D eigenvalue weighted by atomic mass is 35.5. The molecule has 0 saturated heterocycles. The van der Waals surface area contributed by atoms with E-state index in [1.54, 1.807) is 6.07 Å². The minimum atomic E-state index is -3.48. The Morgan fingerprint density at radius 2 is 2.24 bits per heavy atom. The second-order valence-corrected chi connectivity index (χ2v) is 8.01. The molecule has 2 aromatic heterocycles. The molecule has 4 nitrogen and oxygen atoms in total. The zero-order valence-corrected chi connectivity index (χ0v) is 12.0. The van der Waals surface area contributed by atoms with Crippen molar-refractivity contribution in [3.63, 3.8) is 0 Å². The van der Waals surface area contributed by atoms with E-state index in [9.17, 15) is 8.42 Å². The molecule has 2 aromatic rings. The van der Waals surface area contributed by atoms with Crippen molar-refractivity contribution in [2.45, 2.75) is 17.7 Å². The van der Waals surface area contributed by atoms with Gasteiger partial charge in [0.15, 0.2) is 0 Å². The summed E-state index contributed by atoms with van der Waals surface area (Å²) in [4.78, 5) is 4.18. The molecule has 0 radical (unpaired) electrons. The van der Waals surface area contributed by atoms with Crippen molar-refractivity contribution < 1.29 is 8.42 Å². The molecule has 0 unspecified atom stereocenters. The van der Waals surface area contributed by atoms with Crippen molar-refractivity contribution in [2.75, 3.05) is 0 Å². The summed E-state index contributed by atoms with van der Waals surface area (Å²) in [5.41, 5.74) is 0.721. The molecule has 2 heterocycles. The van der Waals surface area contributed by atoms with Crippen LogP contribution in [0.1, 0.15) is 10.7 Å². The first-order valence-electron chi connectivity index (χ1n) is 4.63. The highest BCUT2D eigenvalue weighted by molar-refractivity contribution is 7.91. The molecular formula is C9H9ClN2O2S3. The van der Waals surface area contributed by atoms with Crippen LogP contribution in [0.5, 0.6) is 0 Å².